The fraction of sp³-hybridized carbons (Fsp3) is 0.273. The van der Waals surface area contributed by atoms with Gasteiger partial charge in [-0.2, -0.15) is 24.7 Å². The van der Waals surface area contributed by atoms with Gasteiger partial charge in [-0.25, -0.2) is 4.98 Å². The van der Waals surface area contributed by atoms with E-state index in [1.807, 2.05) is 13.8 Å². The molecule has 108 valence electrons. The molecule has 0 unspecified atom stereocenters. The lowest BCUT2D eigenvalue weighted by atomic mass is 10.5. The van der Waals surface area contributed by atoms with Gasteiger partial charge in [-0.1, -0.05) is 0 Å². The molecule has 0 radical (unpaired) electrons. The lowest BCUT2D eigenvalue weighted by molar-refractivity contribution is 0.421. The Hall–Kier alpha value is -3.04. The second-order valence-corrected chi connectivity index (χ2v) is 4.10. The van der Waals surface area contributed by atoms with E-state index in [0.29, 0.717) is 24.3 Å². The molecule has 3 rings (SSSR count). The Bertz CT molecular complexity index is 721. The second kappa shape index (κ2) is 5.53. The van der Waals surface area contributed by atoms with Crippen molar-refractivity contribution in [2.45, 2.75) is 13.8 Å². The number of hydrogen-bond acceptors (Lipinski definition) is 8. The fourth-order valence-corrected chi connectivity index (χ4v) is 1.58. The van der Waals surface area contributed by atoms with Gasteiger partial charge in [-0.15, -0.1) is 5.10 Å². The SMILES string of the molecule is CCNc1nc(Oc2cc(C)[nH]n2)nc(-n2cncn2)n1. The summed E-state index contributed by atoms with van der Waals surface area (Å²) < 4.78 is 6.94. The fourth-order valence-electron chi connectivity index (χ4n) is 1.58. The van der Waals surface area contributed by atoms with E-state index in [0.717, 1.165) is 5.69 Å². The van der Waals surface area contributed by atoms with Gasteiger partial charge in [0.05, 0.1) is 0 Å². The molecule has 3 aromatic heterocycles. The monoisotopic (exact) mass is 287 g/mol. The smallest absolute Gasteiger partial charge is 0.330 e. The highest BCUT2D eigenvalue weighted by Crippen LogP contribution is 2.17. The second-order valence-electron chi connectivity index (χ2n) is 4.10. The van der Waals surface area contributed by atoms with E-state index in [1.54, 1.807) is 6.07 Å². The van der Waals surface area contributed by atoms with E-state index < -0.39 is 0 Å². The van der Waals surface area contributed by atoms with Gasteiger partial charge in [0.25, 0.3) is 5.95 Å². The van der Waals surface area contributed by atoms with Crippen molar-refractivity contribution in [3.05, 3.63) is 24.4 Å². The zero-order valence-corrected chi connectivity index (χ0v) is 11.5. The van der Waals surface area contributed by atoms with Gasteiger partial charge >= 0.3 is 6.01 Å². The minimum absolute atomic E-state index is 0.123. The third kappa shape index (κ3) is 2.94. The molecule has 0 fully saturated rings. The molecule has 0 spiro atoms. The third-order valence-electron chi connectivity index (χ3n) is 2.44. The van der Waals surface area contributed by atoms with Crippen molar-refractivity contribution in [2.75, 3.05) is 11.9 Å². The average molecular weight is 287 g/mol. The Labute approximate surface area is 119 Å². The van der Waals surface area contributed by atoms with E-state index in [2.05, 4.69) is 40.5 Å². The molecule has 0 aliphatic carbocycles. The molecular formula is C11H13N9O. The summed E-state index contributed by atoms with van der Waals surface area (Å²) >= 11 is 0. The van der Waals surface area contributed by atoms with Crippen LogP contribution in [-0.2, 0) is 0 Å². The van der Waals surface area contributed by atoms with Crippen molar-refractivity contribution in [1.29, 1.82) is 0 Å². The Morgan fingerprint density at radius 2 is 2.24 bits per heavy atom. The van der Waals surface area contributed by atoms with Crippen LogP contribution < -0.4 is 10.1 Å². The molecule has 0 aromatic carbocycles. The zero-order chi connectivity index (χ0) is 14.7. The van der Waals surface area contributed by atoms with Crippen molar-refractivity contribution in [2.24, 2.45) is 0 Å². The van der Waals surface area contributed by atoms with E-state index in [4.69, 9.17) is 4.74 Å². The molecule has 0 atom stereocenters. The minimum atomic E-state index is 0.123. The number of aromatic amines is 1. The van der Waals surface area contributed by atoms with Crippen LogP contribution in [0.4, 0.5) is 5.95 Å². The van der Waals surface area contributed by atoms with Crippen molar-refractivity contribution >= 4 is 5.95 Å². The Balaban J connectivity index is 1.95. The number of hydrogen-bond donors (Lipinski definition) is 2. The van der Waals surface area contributed by atoms with Gasteiger partial charge in [0.1, 0.15) is 12.7 Å². The summed E-state index contributed by atoms with van der Waals surface area (Å²) in [7, 11) is 0. The highest BCUT2D eigenvalue weighted by atomic mass is 16.5. The van der Waals surface area contributed by atoms with Crippen LogP contribution in [0.15, 0.2) is 18.7 Å². The predicted molar refractivity (Wildman–Crippen MR) is 72.3 cm³/mol. The van der Waals surface area contributed by atoms with Crippen LogP contribution in [0, 0.1) is 6.92 Å². The summed E-state index contributed by atoms with van der Waals surface area (Å²) in [5, 5.41) is 13.8. The maximum absolute atomic E-state index is 5.52. The Kier molecular flexibility index (Phi) is 3.41. The molecule has 10 heteroatoms. The molecule has 3 aromatic rings. The highest BCUT2D eigenvalue weighted by molar-refractivity contribution is 5.30. The number of aryl methyl sites for hydroxylation is 1. The molecular weight excluding hydrogens is 274 g/mol. The van der Waals surface area contributed by atoms with Crippen molar-refractivity contribution in [3.8, 4) is 17.8 Å². The molecule has 0 bridgehead atoms. The van der Waals surface area contributed by atoms with E-state index in [1.165, 1.54) is 17.3 Å². The molecule has 2 N–H and O–H groups in total. The number of ether oxygens (including phenoxy) is 1. The van der Waals surface area contributed by atoms with E-state index in [-0.39, 0.29) is 6.01 Å². The van der Waals surface area contributed by atoms with Crippen LogP contribution in [0.3, 0.4) is 0 Å². The van der Waals surface area contributed by atoms with E-state index >= 15 is 0 Å². The standard InChI is InChI=1S/C11H13N9O/c1-3-13-9-15-10(20-6-12-5-14-20)17-11(16-9)21-8-4-7(2)18-19-8/h4-6H,3H2,1-2H3,(H,18,19)(H,13,15,16,17). The summed E-state index contributed by atoms with van der Waals surface area (Å²) in [6.45, 7) is 4.48. The number of H-pyrrole nitrogens is 1. The van der Waals surface area contributed by atoms with Gasteiger partial charge in [0, 0.05) is 18.3 Å². The van der Waals surface area contributed by atoms with Crippen molar-refractivity contribution in [1.82, 2.24) is 39.9 Å². The number of anilines is 1. The summed E-state index contributed by atoms with van der Waals surface area (Å²) in [4.78, 5) is 16.4. The van der Waals surface area contributed by atoms with Crippen LogP contribution in [0.5, 0.6) is 11.9 Å². The summed E-state index contributed by atoms with van der Waals surface area (Å²) in [6.07, 6.45) is 2.89. The lowest BCUT2D eigenvalue weighted by Gasteiger charge is -2.06. The largest absolute Gasteiger partial charge is 0.403 e. The first-order valence-corrected chi connectivity index (χ1v) is 6.29. The van der Waals surface area contributed by atoms with Crippen molar-refractivity contribution in [3.63, 3.8) is 0 Å². The normalized spacial score (nSPS) is 10.6. The van der Waals surface area contributed by atoms with Crippen LogP contribution in [0.2, 0.25) is 0 Å². The Morgan fingerprint density at radius 3 is 2.90 bits per heavy atom. The van der Waals surface area contributed by atoms with Gasteiger partial charge in [-0.3, -0.25) is 5.10 Å². The van der Waals surface area contributed by atoms with Crippen LogP contribution in [-0.4, -0.2) is 46.5 Å². The van der Waals surface area contributed by atoms with Crippen LogP contribution in [0.25, 0.3) is 5.95 Å². The zero-order valence-electron chi connectivity index (χ0n) is 11.5. The number of rotatable bonds is 5. The van der Waals surface area contributed by atoms with Crippen LogP contribution >= 0.6 is 0 Å². The molecule has 21 heavy (non-hydrogen) atoms. The third-order valence-corrected chi connectivity index (χ3v) is 2.44. The highest BCUT2D eigenvalue weighted by Gasteiger charge is 2.11. The van der Waals surface area contributed by atoms with E-state index in [9.17, 15) is 0 Å². The summed E-state index contributed by atoms with van der Waals surface area (Å²) in [6, 6.07) is 1.87. The van der Waals surface area contributed by atoms with Crippen LogP contribution in [0.1, 0.15) is 12.6 Å². The first-order valence-electron chi connectivity index (χ1n) is 6.29. The molecule has 0 amide bonds. The number of aromatic nitrogens is 8. The molecule has 0 saturated heterocycles. The molecule has 0 aliphatic rings. The topological polar surface area (TPSA) is 119 Å². The molecule has 3 heterocycles. The van der Waals surface area contributed by atoms with Gasteiger partial charge < -0.3 is 10.1 Å². The maximum atomic E-state index is 5.52. The minimum Gasteiger partial charge on any atom is -0.403 e. The number of nitrogens with zero attached hydrogens (tertiary/aromatic N) is 7. The maximum Gasteiger partial charge on any atom is 0.330 e. The molecule has 0 aliphatic heterocycles. The first-order chi connectivity index (χ1) is 10.2. The first kappa shape index (κ1) is 13.0. The van der Waals surface area contributed by atoms with Gasteiger partial charge in [0.15, 0.2) is 0 Å². The lowest BCUT2D eigenvalue weighted by Crippen LogP contribution is -2.10. The summed E-state index contributed by atoms with van der Waals surface area (Å²) in [5.41, 5.74) is 0.877. The molecule has 0 saturated carbocycles. The predicted octanol–water partition coefficient (Wildman–Crippen LogP) is 0.708. The van der Waals surface area contributed by atoms with Gasteiger partial charge in [-0.05, 0) is 13.8 Å². The van der Waals surface area contributed by atoms with Crippen molar-refractivity contribution < 1.29 is 4.74 Å². The molecule has 10 nitrogen and oxygen atoms in total. The number of nitrogens with one attached hydrogen (secondary N) is 2. The quantitative estimate of drug-likeness (QED) is 0.704. The van der Waals surface area contributed by atoms with Gasteiger partial charge in [0.2, 0.25) is 11.8 Å². The summed E-state index contributed by atoms with van der Waals surface area (Å²) in [5.74, 6) is 1.08. The Morgan fingerprint density at radius 1 is 1.33 bits per heavy atom. The average Bonchev–Trinajstić information content (AvgIpc) is 3.11.